The topological polar surface area (TPSA) is 102 Å². The molecule has 2 heterocycles. The third kappa shape index (κ3) is 4.42. The predicted octanol–water partition coefficient (Wildman–Crippen LogP) is 4.48. The fourth-order valence-electron chi connectivity index (χ4n) is 4.07. The van der Waals surface area contributed by atoms with E-state index in [4.69, 9.17) is 9.47 Å². The van der Waals surface area contributed by atoms with Gasteiger partial charge in [0.15, 0.2) is 0 Å². The van der Waals surface area contributed by atoms with Crippen LogP contribution in [-0.2, 0) is 11.8 Å². The molecule has 0 saturated carbocycles. The summed E-state index contributed by atoms with van der Waals surface area (Å²) in [6.07, 6.45) is 1.70. The van der Waals surface area contributed by atoms with Crippen LogP contribution in [0.1, 0.15) is 38.9 Å². The zero-order chi connectivity index (χ0) is 25.3. The molecule has 2 aromatic carbocycles. The largest absolute Gasteiger partial charge is 0.465 e. The minimum Gasteiger partial charge on any atom is -0.465 e. The molecule has 1 amide bonds. The number of nitrogens with one attached hydrogen (secondary N) is 2. The molecule has 0 aliphatic carbocycles. The molecule has 35 heavy (non-hydrogen) atoms. The van der Waals surface area contributed by atoms with Crippen LogP contribution in [-0.4, -0.2) is 35.1 Å². The van der Waals surface area contributed by atoms with Crippen molar-refractivity contribution < 1.29 is 19.1 Å². The number of pyridine rings is 1. The van der Waals surface area contributed by atoms with Crippen molar-refractivity contribution in [2.24, 2.45) is 7.05 Å². The molecule has 0 atom stereocenters. The third-order valence-electron chi connectivity index (χ3n) is 5.86. The molecule has 2 aromatic heterocycles. The molecule has 8 nitrogen and oxygen atoms in total. The van der Waals surface area contributed by atoms with Crippen LogP contribution in [0.2, 0.25) is 0 Å². The first-order valence-corrected chi connectivity index (χ1v) is 11.2. The molecule has 0 bridgehead atoms. The highest BCUT2D eigenvalue weighted by Crippen LogP contribution is 2.39. The number of methoxy groups -OCH3 is 1. The fraction of sp³-hybridized carbons (Fsp3) is 0.222. The molecule has 0 fully saturated rings. The number of aromatic nitrogens is 2. The first-order chi connectivity index (χ1) is 16.7. The second kappa shape index (κ2) is 9.50. The SMILES string of the molecule is CCNC(=O)c1cc2c(-c3ccc(C(=O)OC)cc3Oc3c(C)cccc3C)cn(C)c(=O)c2[nH]1. The Labute approximate surface area is 202 Å². The quantitative estimate of drug-likeness (QED) is 0.402. The van der Waals surface area contributed by atoms with E-state index in [2.05, 4.69) is 10.3 Å². The van der Waals surface area contributed by atoms with Gasteiger partial charge >= 0.3 is 5.97 Å². The van der Waals surface area contributed by atoms with Gasteiger partial charge in [-0.05, 0) is 56.2 Å². The summed E-state index contributed by atoms with van der Waals surface area (Å²) in [5, 5.41) is 3.32. The van der Waals surface area contributed by atoms with E-state index in [9.17, 15) is 14.4 Å². The van der Waals surface area contributed by atoms with Gasteiger partial charge in [-0.1, -0.05) is 18.2 Å². The van der Waals surface area contributed by atoms with Crippen LogP contribution in [0.15, 0.2) is 53.5 Å². The zero-order valence-corrected chi connectivity index (χ0v) is 20.3. The van der Waals surface area contributed by atoms with Gasteiger partial charge < -0.3 is 24.3 Å². The highest BCUT2D eigenvalue weighted by atomic mass is 16.5. The first kappa shape index (κ1) is 23.8. The van der Waals surface area contributed by atoms with Crippen LogP contribution >= 0.6 is 0 Å². The second-order valence-corrected chi connectivity index (χ2v) is 8.32. The van der Waals surface area contributed by atoms with Crippen LogP contribution in [0.3, 0.4) is 0 Å². The van der Waals surface area contributed by atoms with Gasteiger partial charge in [-0.2, -0.15) is 0 Å². The predicted molar refractivity (Wildman–Crippen MR) is 134 cm³/mol. The van der Waals surface area contributed by atoms with Crippen molar-refractivity contribution in [1.82, 2.24) is 14.9 Å². The lowest BCUT2D eigenvalue weighted by molar-refractivity contribution is 0.0600. The number of esters is 1. The number of para-hydroxylation sites is 1. The maximum atomic E-state index is 12.9. The van der Waals surface area contributed by atoms with Crippen molar-refractivity contribution in [3.05, 3.63) is 81.4 Å². The molecule has 0 aliphatic heterocycles. The Morgan fingerprint density at radius 1 is 1.06 bits per heavy atom. The van der Waals surface area contributed by atoms with Crippen LogP contribution in [0.4, 0.5) is 0 Å². The van der Waals surface area contributed by atoms with E-state index < -0.39 is 5.97 Å². The van der Waals surface area contributed by atoms with Gasteiger partial charge in [-0.3, -0.25) is 9.59 Å². The Bertz CT molecular complexity index is 1490. The summed E-state index contributed by atoms with van der Waals surface area (Å²) in [5.41, 5.74) is 3.86. The van der Waals surface area contributed by atoms with Crippen LogP contribution in [0.5, 0.6) is 11.5 Å². The van der Waals surface area contributed by atoms with E-state index >= 15 is 0 Å². The number of amides is 1. The van der Waals surface area contributed by atoms with Crippen molar-refractivity contribution in [2.45, 2.75) is 20.8 Å². The van der Waals surface area contributed by atoms with Crippen molar-refractivity contribution in [3.63, 3.8) is 0 Å². The molecule has 4 aromatic rings. The van der Waals surface area contributed by atoms with Gasteiger partial charge in [0, 0.05) is 36.3 Å². The number of hydrogen-bond donors (Lipinski definition) is 2. The molecule has 2 N–H and O–H groups in total. The summed E-state index contributed by atoms with van der Waals surface area (Å²) in [7, 11) is 2.97. The molecule has 0 saturated heterocycles. The number of fused-ring (bicyclic) bond motifs is 1. The van der Waals surface area contributed by atoms with Gasteiger partial charge in [-0.15, -0.1) is 0 Å². The van der Waals surface area contributed by atoms with E-state index in [1.165, 1.54) is 11.7 Å². The van der Waals surface area contributed by atoms with Gasteiger partial charge in [0.1, 0.15) is 22.7 Å². The number of rotatable bonds is 6. The number of carbonyl (C=O) groups excluding carboxylic acids is 2. The Balaban J connectivity index is 1.97. The fourth-order valence-corrected chi connectivity index (χ4v) is 4.07. The number of aryl methyl sites for hydroxylation is 3. The Morgan fingerprint density at radius 2 is 1.77 bits per heavy atom. The lowest BCUT2D eigenvalue weighted by Crippen LogP contribution is -2.23. The molecule has 0 spiro atoms. The zero-order valence-electron chi connectivity index (χ0n) is 20.3. The first-order valence-electron chi connectivity index (χ1n) is 11.2. The second-order valence-electron chi connectivity index (χ2n) is 8.32. The summed E-state index contributed by atoms with van der Waals surface area (Å²) in [5.74, 6) is 0.304. The van der Waals surface area contributed by atoms with Crippen molar-refractivity contribution in [3.8, 4) is 22.6 Å². The van der Waals surface area contributed by atoms with Crippen molar-refractivity contribution in [1.29, 1.82) is 0 Å². The van der Waals surface area contributed by atoms with E-state index in [1.54, 1.807) is 37.5 Å². The molecule has 0 unspecified atom stereocenters. The van der Waals surface area contributed by atoms with E-state index in [1.807, 2.05) is 39.0 Å². The maximum absolute atomic E-state index is 12.9. The van der Waals surface area contributed by atoms with Crippen LogP contribution < -0.4 is 15.6 Å². The molecular formula is C27H27N3O5. The molecule has 8 heteroatoms. The van der Waals surface area contributed by atoms with E-state index in [0.29, 0.717) is 45.6 Å². The van der Waals surface area contributed by atoms with Gasteiger partial charge in [0.05, 0.1) is 12.7 Å². The highest BCUT2D eigenvalue weighted by molar-refractivity contribution is 6.03. The summed E-state index contributed by atoms with van der Waals surface area (Å²) in [6.45, 7) is 6.18. The molecule has 4 rings (SSSR count). The molecule has 180 valence electrons. The summed E-state index contributed by atoms with van der Waals surface area (Å²) < 4.78 is 12.7. The van der Waals surface area contributed by atoms with Crippen molar-refractivity contribution >= 4 is 22.8 Å². The molecule has 0 aliphatic rings. The van der Waals surface area contributed by atoms with Gasteiger partial charge in [0.25, 0.3) is 11.5 Å². The van der Waals surface area contributed by atoms with Crippen LogP contribution in [0.25, 0.3) is 22.0 Å². The summed E-state index contributed by atoms with van der Waals surface area (Å²) >= 11 is 0. The van der Waals surface area contributed by atoms with Gasteiger partial charge in [0.2, 0.25) is 0 Å². The number of hydrogen-bond acceptors (Lipinski definition) is 5. The number of nitrogens with zero attached hydrogens (tertiary/aromatic N) is 1. The van der Waals surface area contributed by atoms with Gasteiger partial charge in [-0.25, -0.2) is 4.79 Å². The number of aromatic amines is 1. The van der Waals surface area contributed by atoms with Crippen molar-refractivity contribution in [2.75, 3.05) is 13.7 Å². The average molecular weight is 474 g/mol. The monoisotopic (exact) mass is 473 g/mol. The lowest BCUT2D eigenvalue weighted by atomic mass is 10.0. The number of H-pyrrole nitrogens is 1. The minimum absolute atomic E-state index is 0.261. The summed E-state index contributed by atoms with van der Waals surface area (Å²) in [6, 6.07) is 12.5. The Hall–Kier alpha value is -4.33. The maximum Gasteiger partial charge on any atom is 0.337 e. The molecule has 0 radical (unpaired) electrons. The van der Waals surface area contributed by atoms with Crippen LogP contribution in [0, 0.1) is 13.8 Å². The number of benzene rings is 2. The average Bonchev–Trinajstić information content (AvgIpc) is 3.29. The van der Waals surface area contributed by atoms with E-state index in [-0.39, 0.29) is 17.2 Å². The minimum atomic E-state index is -0.492. The summed E-state index contributed by atoms with van der Waals surface area (Å²) in [4.78, 5) is 40.6. The normalized spacial score (nSPS) is 10.9. The third-order valence-corrected chi connectivity index (χ3v) is 5.86. The van der Waals surface area contributed by atoms with E-state index in [0.717, 1.165) is 11.1 Å². The lowest BCUT2D eigenvalue weighted by Gasteiger charge is -2.17. The number of carbonyl (C=O) groups is 2. The molecular weight excluding hydrogens is 446 g/mol. The smallest absolute Gasteiger partial charge is 0.337 e. The highest BCUT2D eigenvalue weighted by Gasteiger charge is 2.20. The Morgan fingerprint density at radius 3 is 2.43 bits per heavy atom. The Kier molecular flexibility index (Phi) is 6.46. The standard InChI is InChI=1S/C27H27N3O5/c1-6-28-25(31)21-13-19-20(14-30(4)26(32)23(19)29-21)18-11-10-17(27(33)34-5)12-22(18)35-24-15(2)8-7-9-16(24)3/h7-14,29H,6H2,1-5H3,(H,28,31). The number of ether oxygens (including phenoxy) is 2.